The van der Waals surface area contributed by atoms with Crippen molar-refractivity contribution in [2.75, 3.05) is 18.0 Å². The predicted molar refractivity (Wildman–Crippen MR) is 95.1 cm³/mol. The Hall–Kier alpha value is -2.90. The number of carboxylic acid groups (broad SMARTS) is 1. The van der Waals surface area contributed by atoms with E-state index in [1.807, 2.05) is 15.4 Å². The lowest BCUT2D eigenvalue weighted by Gasteiger charge is -2.17. The van der Waals surface area contributed by atoms with Crippen LogP contribution in [-0.4, -0.2) is 48.5 Å². The summed E-state index contributed by atoms with van der Waals surface area (Å²) in [5.41, 5.74) is 1.80. The molecule has 0 saturated heterocycles. The second-order valence-corrected chi connectivity index (χ2v) is 5.72. The van der Waals surface area contributed by atoms with Crippen LogP contribution in [-0.2, 0) is 13.1 Å². The van der Waals surface area contributed by atoms with E-state index in [0.29, 0.717) is 6.54 Å². The zero-order chi connectivity index (χ0) is 18.0. The van der Waals surface area contributed by atoms with Gasteiger partial charge in [-0.15, -0.1) is 0 Å². The van der Waals surface area contributed by atoms with Crippen LogP contribution < -0.4 is 4.90 Å². The molecule has 0 aliphatic heterocycles. The molecule has 3 heterocycles. The molecule has 25 heavy (non-hydrogen) atoms. The molecule has 8 nitrogen and oxygen atoms in total. The van der Waals surface area contributed by atoms with Crippen molar-refractivity contribution < 1.29 is 9.90 Å². The topological polar surface area (TPSA) is 89.1 Å². The van der Waals surface area contributed by atoms with Crippen LogP contribution >= 0.6 is 0 Å². The zero-order valence-electron chi connectivity index (χ0n) is 14.7. The van der Waals surface area contributed by atoms with Gasteiger partial charge in [0.2, 0.25) is 0 Å². The minimum Gasteiger partial charge on any atom is -0.477 e. The summed E-state index contributed by atoms with van der Waals surface area (Å²) in [5.74, 6) is -0.218. The number of nitrogens with zero attached hydrogens (tertiary/aromatic N) is 6. The Kier molecular flexibility index (Phi) is 4.69. The molecule has 0 amide bonds. The molecule has 0 unspecified atom stereocenters. The molecule has 0 bridgehead atoms. The van der Waals surface area contributed by atoms with Gasteiger partial charge in [0, 0.05) is 25.8 Å². The van der Waals surface area contributed by atoms with E-state index >= 15 is 0 Å². The lowest BCUT2D eigenvalue weighted by atomic mass is 10.2. The van der Waals surface area contributed by atoms with Crippen LogP contribution in [0.3, 0.4) is 0 Å². The van der Waals surface area contributed by atoms with E-state index in [-0.39, 0.29) is 5.69 Å². The highest BCUT2D eigenvalue weighted by Crippen LogP contribution is 2.26. The van der Waals surface area contributed by atoms with Gasteiger partial charge >= 0.3 is 5.97 Å². The van der Waals surface area contributed by atoms with Gasteiger partial charge in [0.15, 0.2) is 5.82 Å². The lowest BCUT2D eigenvalue weighted by Crippen LogP contribution is -2.22. The Morgan fingerprint density at radius 2 is 2.00 bits per heavy atom. The van der Waals surface area contributed by atoms with Crippen LogP contribution in [0, 0.1) is 0 Å². The van der Waals surface area contributed by atoms with Gasteiger partial charge in [0.05, 0.1) is 35.7 Å². The zero-order valence-corrected chi connectivity index (χ0v) is 14.7. The summed E-state index contributed by atoms with van der Waals surface area (Å²) in [7, 11) is 0. The molecule has 3 rings (SSSR count). The third kappa shape index (κ3) is 3.07. The van der Waals surface area contributed by atoms with Gasteiger partial charge in [-0.25, -0.2) is 14.8 Å². The molecule has 0 saturated carbocycles. The van der Waals surface area contributed by atoms with Gasteiger partial charge in [-0.3, -0.25) is 4.68 Å². The molecule has 0 atom stereocenters. The lowest BCUT2D eigenvalue weighted by molar-refractivity contribution is 0.0690. The molecular weight excluding hydrogens is 320 g/mol. The average Bonchev–Trinajstić information content (AvgIpc) is 3.21. The van der Waals surface area contributed by atoms with Crippen molar-refractivity contribution >= 4 is 22.7 Å². The monoisotopic (exact) mass is 342 g/mol. The molecule has 1 N–H and O–H groups in total. The molecule has 132 valence electrons. The number of carboxylic acids is 1. The van der Waals surface area contributed by atoms with Crippen LogP contribution in [0.1, 0.15) is 37.0 Å². The summed E-state index contributed by atoms with van der Waals surface area (Å²) in [6.45, 7) is 9.17. The van der Waals surface area contributed by atoms with Gasteiger partial charge in [-0.2, -0.15) is 5.10 Å². The van der Waals surface area contributed by atoms with Crippen molar-refractivity contribution in [1.82, 2.24) is 24.3 Å². The molecule has 3 aromatic rings. The largest absolute Gasteiger partial charge is 0.477 e. The van der Waals surface area contributed by atoms with E-state index in [9.17, 15) is 9.90 Å². The number of rotatable bonds is 7. The molecule has 8 heteroatoms. The summed E-state index contributed by atoms with van der Waals surface area (Å²) in [5, 5.41) is 14.9. The quantitative estimate of drug-likeness (QED) is 0.708. The fourth-order valence-electron chi connectivity index (χ4n) is 2.96. The van der Waals surface area contributed by atoms with Gasteiger partial charge < -0.3 is 14.6 Å². The number of anilines is 1. The first-order valence-electron chi connectivity index (χ1n) is 8.42. The minimum absolute atomic E-state index is 0.0174. The van der Waals surface area contributed by atoms with Crippen molar-refractivity contribution in [3.63, 3.8) is 0 Å². The summed E-state index contributed by atoms with van der Waals surface area (Å²) >= 11 is 0. The van der Waals surface area contributed by atoms with Crippen LogP contribution in [0.15, 0.2) is 24.8 Å². The van der Waals surface area contributed by atoms with Crippen molar-refractivity contribution in [2.24, 2.45) is 0 Å². The van der Waals surface area contributed by atoms with Gasteiger partial charge in [-0.05, 0) is 26.8 Å². The number of pyridine rings is 1. The van der Waals surface area contributed by atoms with Gasteiger partial charge in [-0.1, -0.05) is 0 Å². The Balaban J connectivity index is 2.15. The highest BCUT2D eigenvalue weighted by atomic mass is 16.4. The van der Waals surface area contributed by atoms with E-state index in [1.165, 1.54) is 0 Å². The van der Waals surface area contributed by atoms with Crippen LogP contribution in [0.5, 0.6) is 0 Å². The molecule has 0 aliphatic carbocycles. The third-order valence-corrected chi connectivity index (χ3v) is 4.35. The van der Waals surface area contributed by atoms with Crippen molar-refractivity contribution in [2.45, 2.75) is 33.9 Å². The number of carbonyl (C=O) groups is 1. The van der Waals surface area contributed by atoms with Crippen LogP contribution in [0.4, 0.5) is 5.82 Å². The SMILES string of the molecule is CCN(CC)c1nn(Cc2cncn2CC)c2cc(C(=O)O)ncc12. The number of hydrogen-bond donors (Lipinski definition) is 1. The highest BCUT2D eigenvalue weighted by Gasteiger charge is 2.18. The number of hydrogen-bond acceptors (Lipinski definition) is 5. The second-order valence-electron chi connectivity index (χ2n) is 5.72. The smallest absolute Gasteiger partial charge is 0.354 e. The van der Waals surface area contributed by atoms with Crippen molar-refractivity contribution in [1.29, 1.82) is 0 Å². The van der Waals surface area contributed by atoms with E-state index in [1.54, 1.807) is 18.6 Å². The summed E-state index contributed by atoms with van der Waals surface area (Å²) in [6, 6.07) is 1.59. The van der Waals surface area contributed by atoms with Crippen LogP contribution in [0.25, 0.3) is 10.9 Å². The maximum Gasteiger partial charge on any atom is 0.354 e. The van der Waals surface area contributed by atoms with Crippen LogP contribution in [0.2, 0.25) is 0 Å². The third-order valence-electron chi connectivity index (χ3n) is 4.35. The second kappa shape index (κ2) is 6.92. The number of aromatic nitrogens is 5. The molecule has 0 aromatic carbocycles. The summed E-state index contributed by atoms with van der Waals surface area (Å²) in [6.07, 6.45) is 5.21. The summed E-state index contributed by atoms with van der Waals surface area (Å²) in [4.78, 5) is 21.7. The Bertz CT molecular complexity index is 894. The van der Waals surface area contributed by atoms with Crippen molar-refractivity contribution in [3.8, 4) is 0 Å². The Labute approximate surface area is 145 Å². The number of aromatic carboxylic acids is 1. The molecular formula is C17H22N6O2. The van der Waals surface area contributed by atoms with Gasteiger partial charge in [0.1, 0.15) is 5.69 Å². The first-order valence-corrected chi connectivity index (χ1v) is 8.42. The van der Waals surface area contributed by atoms with E-state index < -0.39 is 5.97 Å². The fraction of sp³-hybridized carbons (Fsp3) is 0.412. The molecule has 0 fully saturated rings. The minimum atomic E-state index is -1.04. The van der Waals surface area contributed by atoms with E-state index in [0.717, 1.165) is 42.0 Å². The van der Waals surface area contributed by atoms with Crippen molar-refractivity contribution in [3.05, 3.63) is 36.2 Å². The molecule has 0 radical (unpaired) electrons. The molecule has 0 aliphatic rings. The Morgan fingerprint density at radius 3 is 2.64 bits per heavy atom. The predicted octanol–water partition coefficient (Wildman–Crippen LogP) is 2.24. The standard InChI is InChI=1S/C17H22N6O2/c1-4-21(5-2)16-13-9-19-14(17(24)25)7-15(13)23(20-16)10-12-8-18-11-22(12)6-3/h7-9,11H,4-6,10H2,1-3H3,(H,24,25). The maximum absolute atomic E-state index is 11.3. The molecule has 3 aromatic heterocycles. The number of imidazole rings is 1. The number of aryl methyl sites for hydroxylation is 1. The van der Waals surface area contributed by atoms with Gasteiger partial charge in [0.25, 0.3) is 0 Å². The normalized spacial score (nSPS) is 11.2. The van der Waals surface area contributed by atoms with E-state index in [4.69, 9.17) is 5.10 Å². The fourth-order valence-corrected chi connectivity index (χ4v) is 2.96. The Morgan fingerprint density at radius 1 is 1.24 bits per heavy atom. The maximum atomic E-state index is 11.3. The van der Waals surface area contributed by atoms with E-state index in [2.05, 4.69) is 35.6 Å². The molecule has 0 spiro atoms. The highest BCUT2D eigenvalue weighted by molar-refractivity contribution is 5.95. The average molecular weight is 342 g/mol. The number of fused-ring (bicyclic) bond motifs is 1. The first-order chi connectivity index (χ1) is 12.1. The summed E-state index contributed by atoms with van der Waals surface area (Å²) < 4.78 is 3.88. The first kappa shape index (κ1) is 16.9.